The number of nitrogens with one attached hydrogen (secondary N) is 1. The van der Waals surface area contributed by atoms with Crippen molar-refractivity contribution in [2.75, 3.05) is 19.4 Å². The Labute approximate surface area is 173 Å². The highest BCUT2D eigenvalue weighted by Crippen LogP contribution is 2.25. The van der Waals surface area contributed by atoms with Gasteiger partial charge in [-0.15, -0.1) is 0 Å². The second-order valence-electron chi connectivity index (χ2n) is 6.92. The van der Waals surface area contributed by atoms with Gasteiger partial charge in [0.05, 0.1) is 21.8 Å². The van der Waals surface area contributed by atoms with Crippen molar-refractivity contribution in [3.8, 4) is 5.69 Å². The Morgan fingerprint density at radius 3 is 2.34 bits per heavy atom. The fraction of sp³-hybridized carbons (Fsp3) is 0.182. The minimum atomic E-state index is -0.366. The van der Waals surface area contributed by atoms with E-state index in [1.165, 1.54) is 17.0 Å². The first-order valence-corrected chi connectivity index (χ1v) is 9.35. The standard InChI is InChI=1S/C22H21ClFN3O2/c1-13-11-17(14(2)27(13)20-8-6-5-7-19(20)24)21(28)25-15-9-10-16(18(23)12-15)22(29)26(3)4/h5-12H,1-4H3,(H,25,28). The molecule has 0 aliphatic heterocycles. The van der Waals surface area contributed by atoms with Gasteiger partial charge in [0.15, 0.2) is 0 Å². The number of carbonyl (C=O) groups excluding carboxylic acids is 2. The topological polar surface area (TPSA) is 54.3 Å². The Kier molecular flexibility index (Phi) is 5.75. The lowest BCUT2D eigenvalue weighted by Crippen LogP contribution is -2.22. The first kappa shape index (κ1) is 20.6. The predicted molar refractivity (Wildman–Crippen MR) is 113 cm³/mol. The van der Waals surface area contributed by atoms with Crippen LogP contribution in [0, 0.1) is 19.7 Å². The molecule has 150 valence electrons. The number of rotatable bonds is 4. The van der Waals surface area contributed by atoms with Crippen molar-refractivity contribution in [3.05, 3.63) is 81.9 Å². The summed E-state index contributed by atoms with van der Waals surface area (Å²) in [4.78, 5) is 26.3. The van der Waals surface area contributed by atoms with Gasteiger partial charge < -0.3 is 14.8 Å². The summed E-state index contributed by atoms with van der Waals surface area (Å²) in [6, 6.07) is 12.9. The van der Waals surface area contributed by atoms with Gasteiger partial charge in [0.1, 0.15) is 5.82 Å². The molecule has 2 aromatic carbocycles. The first-order chi connectivity index (χ1) is 13.7. The second-order valence-corrected chi connectivity index (χ2v) is 7.33. The highest BCUT2D eigenvalue weighted by Gasteiger charge is 2.19. The summed E-state index contributed by atoms with van der Waals surface area (Å²) in [6.07, 6.45) is 0. The molecule has 0 bridgehead atoms. The molecular weight excluding hydrogens is 393 g/mol. The maximum Gasteiger partial charge on any atom is 0.257 e. The summed E-state index contributed by atoms with van der Waals surface area (Å²) in [5, 5.41) is 3.03. The number of amides is 2. The molecule has 0 saturated carbocycles. The summed E-state index contributed by atoms with van der Waals surface area (Å²) < 4.78 is 15.9. The third-order valence-electron chi connectivity index (χ3n) is 4.63. The molecule has 0 fully saturated rings. The van der Waals surface area contributed by atoms with E-state index < -0.39 is 0 Å². The molecule has 0 atom stereocenters. The number of halogens is 2. The number of benzene rings is 2. The molecule has 5 nitrogen and oxygen atoms in total. The minimum Gasteiger partial charge on any atom is -0.345 e. The Bertz CT molecular complexity index is 1110. The summed E-state index contributed by atoms with van der Waals surface area (Å²) in [7, 11) is 3.28. The van der Waals surface area contributed by atoms with Gasteiger partial charge >= 0.3 is 0 Å². The molecule has 0 unspecified atom stereocenters. The lowest BCUT2D eigenvalue weighted by atomic mass is 10.1. The third-order valence-corrected chi connectivity index (χ3v) is 4.95. The molecule has 0 radical (unpaired) electrons. The van der Waals surface area contributed by atoms with E-state index >= 15 is 0 Å². The molecule has 0 spiro atoms. The molecule has 29 heavy (non-hydrogen) atoms. The molecular formula is C22H21ClFN3O2. The van der Waals surface area contributed by atoms with E-state index in [2.05, 4.69) is 5.32 Å². The Balaban J connectivity index is 1.89. The minimum absolute atomic E-state index is 0.221. The Morgan fingerprint density at radius 1 is 1.03 bits per heavy atom. The van der Waals surface area contributed by atoms with Gasteiger partial charge in [0.2, 0.25) is 0 Å². The van der Waals surface area contributed by atoms with Crippen LogP contribution in [0.4, 0.5) is 10.1 Å². The Morgan fingerprint density at radius 2 is 1.72 bits per heavy atom. The van der Waals surface area contributed by atoms with Crippen LogP contribution in [0.25, 0.3) is 5.69 Å². The summed E-state index contributed by atoms with van der Waals surface area (Å²) >= 11 is 6.21. The van der Waals surface area contributed by atoms with Crippen molar-refractivity contribution in [1.82, 2.24) is 9.47 Å². The summed E-state index contributed by atoms with van der Waals surface area (Å²) in [6.45, 7) is 3.58. The molecule has 3 aromatic rings. The number of nitrogens with zero attached hydrogens (tertiary/aromatic N) is 2. The van der Waals surface area contributed by atoms with Crippen molar-refractivity contribution >= 4 is 29.1 Å². The second kappa shape index (κ2) is 8.09. The lowest BCUT2D eigenvalue weighted by molar-refractivity contribution is 0.0827. The van der Waals surface area contributed by atoms with E-state index in [0.29, 0.717) is 28.2 Å². The number of aromatic nitrogens is 1. The zero-order valence-corrected chi connectivity index (χ0v) is 17.3. The average Bonchev–Trinajstić information content (AvgIpc) is 2.96. The number of hydrogen-bond acceptors (Lipinski definition) is 2. The van der Waals surface area contributed by atoms with Crippen LogP contribution in [0.1, 0.15) is 32.1 Å². The molecule has 0 saturated heterocycles. The normalized spacial score (nSPS) is 10.7. The van der Waals surface area contributed by atoms with Gasteiger partial charge in [-0.2, -0.15) is 0 Å². The molecule has 1 heterocycles. The van der Waals surface area contributed by atoms with Crippen LogP contribution in [0.2, 0.25) is 5.02 Å². The quantitative estimate of drug-likeness (QED) is 0.665. The van der Waals surface area contributed by atoms with Gasteiger partial charge in [-0.3, -0.25) is 9.59 Å². The van der Waals surface area contributed by atoms with Crippen molar-refractivity contribution in [2.45, 2.75) is 13.8 Å². The van der Waals surface area contributed by atoms with Crippen molar-refractivity contribution in [3.63, 3.8) is 0 Å². The van der Waals surface area contributed by atoms with Gasteiger partial charge in [0, 0.05) is 31.2 Å². The molecule has 0 aliphatic carbocycles. The number of para-hydroxylation sites is 1. The van der Waals surface area contributed by atoms with Gasteiger partial charge in [-0.05, 0) is 50.2 Å². The maximum absolute atomic E-state index is 14.2. The van der Waals surface area contributed by atoms with Crippen LogP contribution in [0.5, 0.6) is 0 Å². The van der Waals surface area contributed by atoms with Crippen molar-refractivity contribution < 1.29 is 14.0 Å². The fourth-order valence-electron chi connectivity index (χ4n) is 3.20. The number of hydrogen-bond donors (Lipinski definition) is 1. The largest absolute Gasteiger partial charge is 0.345 e. The van der Waals surface area contributed by atoms with Crippen LogP contribution >= 0.6 is 11.6 Å². The first-order valence-electron chi connectivity index (χ1n) is 8.97. The van der Waals surface area contributed by atoms with E-state index in [1.54, 1.807) is 62.0 Å². The van der Waals surface area contributed by atoms with Crippen LogP contribution in [-0.4, -0.2) is 35.4 Å². The van der Waals surface area contributed by atoms with Crippen molar-refractivity contribution in [2.24, 2.45) is 0 Å². The van der Waals surface area contributed by atoms with Crippen LogP contribution in [0.3, 0.4) is 0 Å². The van der Waals surface area contributed by atoms with Crippen LogP contribution in [0.15, 0.2) is 48.5 Å². The van der Waals surface area contributed by atoms with Crippen molar-refractivity contribution in [1.29, 1.82) is 0 Å². The SMILES string of the molecule is Cc1cc(C(=O)Nc2ccc(C(=O)N(C)C)c(Cl)c2)c(C)n1-c1ccccc1F. The van der Waals surface area contributed by atoms with E-state index in [1.807, 2.05) is 6.92 Å². The number of carbonyl (C=O) groups is 2. The number of anilines is 1. The smallest absolute Gasteiger partial charge is 0.257 e. The van der Waals surface area contributed by atoms with E-state index in [9.17, 15) is 14.0 Å². The summed E-state index contributed by atoms with van der Waals surface area (Å²) in [5.41, 5.74) is 2.99. The van der Waals surface area contributed by atoms with Crippen LogP contribution < -0.4 is 5.32 Å². The van der Waals surface area contributed by atoms with E-state index in [0.717, 1.165) is 5.69 Å². The monoisotopic (exact) mass is 413 g/mol. The maximum atomic E-state index is 14.2. The molecule has 1 aromatic heterocycles. The molecule has 1 N–H and O–H groups in total. The van der Waals surface area contributed by atoms with Gasteiger partial charge in [0.25, 0.3) is 11.8 Å². The van der Waals surface area contributed by atoms with E-state index in [-0.39, 0.29) is 22.7 Å². The average molecular weight is 414 g/mol. The fourth-order valence-corrected chi connectivity index (χ4v) is 3.46. The molecule has 3 rings (SSSR count). The Hall–Kier alpha value is -3.12. The number of aryl methyl sites for hydroxylation is 1. The zero-order valence-electron chi connectivity index (χ0n) is 16.6. The van der Waals surface area contributed by atoms with Crippen LogP contribution in [-0.2, 0) is 0 Å². The molecule has 2 amide bonds. The lowest BCUT2D eigenvalue weighted by Gasteiger charge is -2.13. The van der Waals surface area contributed by atoms with Gasteiger partial charge in [-0.25, -0.2) is 4.39 Å². The van der Waals surface area contributed by atoms with E-state index in [4.69, 9.17) is 11.6 Å². The molecule has 0 aliphatic rings. The molecule has 7 heteroatoms. The van der Waals surface area contributed by atoms with Gasteiger partial charge in [-0.1, -0.05) is 23.7 Å². The highest BCUT2D eigenvalue weighted by atomic mass is 35.5. The highest BCUT2D eigenvalue weighted by molar-refractivity contribution is 6.34. The third kappa shape index (κ3) is 4.03. The summed E-state index contributed by atoms with van der Waals surface area (Å²) in [5.74, 6) is -0.932. The predicted octanol–water partition coefficient (Wildman–Crippen LogP) is 4.84. The zero-order chi connectivity index (χ0) is 21.3.